The molecule has 2 unspecified atom stereocenters. The van der Waals surface area contributed by atoms with Crippen molar-refractivity contribution in [3.63, 3.8) is 0 Å². The molecule has 1 heterocycles. The van der Waals surface area contributed by atoms with Gasteiger partial charge in [0.15, 0.2) is 0 Å². The summed E-state index contributed by atoms with van der Waals surface area (Å²) in [5.41, 5.74) is 0. The highest BCUT2D eigenvalue weighted by molar-refractivity contribution is 4.89. The fraction of sp³-hybridized carbons (Fsp3) is 1.00. The Kier molecular flexibility index (Phi) is 3.86. The molecule has 82 valence electrons. The number of hydrogen-bond acceptors (Lipinski definition) is 1. The molecule has 2 aliphatic rings. The Hall–Kier alpha value is -0.0400. The van der Waals surface area contributed by atoms with Crippen LogP contribution in [-0.4, -0.2) is 12.6 Å². The van der Waals surface area contributed by atoms with Crippen LogP contribution in [0.15, 0.2) is 0 Å². The minimum absolute atomic E-state index is 0.873. The van der Waals surface area contributed by atoms with Gasteiger partial charge in [-0.25, -0.2) is 0 Å². The van der Waals surface area contributed by atoms with Crippen LogP contribution in [0.3, 0.4) is 0 Å². The molecule has 1 saturated heterocycles. The maximum absolute atomic E-state index is 3.76. The van der Waals surface area contributed by atoms with Gasteiger partial charge in [-0.3, -0.25) is 0 Å². The maximum atomic E-state index is 3.76. The van der Waals surface area contributed by atoms with Gasteiger partial charge in [-0.2, -0.15) is 0 Å². The second kappa shape index (κ2) is 5.16. The smallest absolute Gasteiger partial charge is 0.00985 e. The third-order valence-electron chi connectivity index (χ3n) is 4.34. The zero-order valence-electron chi connectivity index (χ0n) is 9.60. The third kappa shape index (κ3) is 2.31. The molecule has 0 aromatic carbocycles. The summed E-state index contributed by atoms with van der Waals surface area (Å²) >= 11 is 0. The Balaban J connectivity index is 1.94. The van der Waals surface area contributed by atoms with Crippen LogP contribution in [0.1, 0.15) is 58.3 Å². The summed E-state index contributed by atoms with van der Waals surface area (Å²) in [5.74, 6) is 2.00. The molecule has 2 fully saturated rings. The predicted molar refractivity (Wildman–Crippen MR) is 61.4 cm³/mol. The molecule has 0 amide bonds. The highest BCUT2D eigenvalue weighted by atomic mass is 15.0. The van der Waals surface area contributed by atoms with Gasteiger partial charge in [-0.15, -0.1) is 0 Å². The molecule has 0 aromatic rings. The van der Waals surface area contributed by atoms with E-state index in [1.807, 2.05) is 0 Å². The molecule has 2 rings (SSSR count). The second-order valence-corrected chi connectivity index (χ2v) is 5.19. The lowest BCUT2D eigenvalue weighted by atomic mass is 9.84. The van der Waals surface area contributed by atoms with E-state index in [0.717, 1.165) is 17.9 Å². The molecule has 1 nitrogen and oxygen atoms in total. The van der Waals surface area contributed by atoms with Gasteiger partial charge in [0, 0.05) is 6.04 Å². The molecule has 1 aliphatic carbocycles. The highest BCUT2D eigenvalue weighted by Gasteiger charge is 2.33. The Morgan fingerprint density at radius 2 is 1.71 bits per heavy atom. The molecule has 0 spiro atoms. The van der Waals surface area contributed by atoms with Gasteiger partial charge in [-0.1, -0.05) is 45.4 Å². The van der Waals surface area contributed by atoms with E-state index in [2.05, 4.69) is 12.2 Å². The molecular formula is C13H25N. The monoisotopic (exact) mass is 195 g/mol. The summed E-state index contributed by atoms with van der Waals surface area (Å²) in [5, 5.41) is 3.76. The van der Waals surface area contributed by atoms with Crippen LogP contribution in [0.4, 0.5) is 0 Å². The lowest BCUT2D eigenvalue weighted by Gasteiger charge is -2.22. The van der Waals surface area contributed by atoms with Crippen molar-refractivity contribution in [3.8, 4) is 0 Å². The SMILES string of the molecule is CC[C@H]1CNC2CCCCCCCC21. The average Bonchev–Trinajstić information content (AvgIpc) is 2.61. The summed E-state index contributed by atoms with van der Waals surface area (Å²) in [7, 11) is 0. The number of fused-ring (bicyclic) bond motifs is 1. The Morgan fingerprint density at radius 3 is 2.50 bits per heavy atom. The maximum Gasteiger partial charge on any atom is 0.00985 e. The fourth-order valence-corrected chi connectivity index (χ4v) is 3.41. The van der Waals surface area contributed by atoms with E-state index >= 15 is 0 Å². The zero-order valence-corrected chi connectivity index (χ0v) is 9.60. The van der Waals surface area contributed by atoms with Gasteiger partial charge in [0.25, 0.3) is 0 Å². The van der Waals surface area contributed by atoms with E-state index in [1.54, 1.807) is 0 Å². The normalized spacial score (nSPS) is 39.6. The van der Waals surface area contributed by atoms with E-state index in [0.29, 0.717) is 0 Å². The summed E-state index contributed by atoms with van der Waals surface area (Å²) in [6.07, 6.45) is 11.7. The predicted octanol–water partition coefficient (Wildman–Crippen LogP) is 3.34. The largest absolute Gasteiger partial charge is 0.313 e. The van der Waals surface area contributed by atoms with Gasteiger partial charge in [0.1, 0.15) is 0 Å². The summed E-state index contributed by atoms with van der Waals surface area (Å²) in [6.45, 7) is 3.66. The van der Waals surface area contributed by atoms with Crippen LogP contribution in [0.5, 0.6) is 0 Å². The third-order valence-corrected chi connectivity index (χ3v) is 4.34. The number of rotatable bonds is 1. The molecule has 1 heteroatoms. The van der Waals surface area contributed by atoms with Crippen molar-refractivity contribution in [2.75, 3.05) is 6.54 Å². The molecular weight excluding hydrogens is 170 g/mol. The summed E-state index contributed by atoms with van der Waals surface area (Å²) in [4.78, 5) is 0. The molecule has 1 saturated carbocycles. The Labute approximate surface area is 88.7 Å². The molecule has 14 heavy (non-hydrogen) atoms. The summed E-state index contributed by atoms with van der Waals surface area (Å²) in [6, 6.07) is 0.873. The summed E-state index contributed by atoms with van der Waals surface area (Å²) < 4.78 is 0. The molecule has 1 aliphatic heterocycles. The van der Waals surface area contributed by atoms with Crippen LogP contribution >= 0.6 is 0 Å². The van der Waals surface area contributed by atoms with Gasteiger partial charge in [-0.05, 0) is 31.2 Å². The lowest BCUT2D eigenvalue weighted by molar-refractivity contribution is 0.317. The fourth-order valence-electron chi connectivity index (χ4n) is 3.41. The van der Waals surface area contributed by atoms with Crippen molar-refractivity contribution in [2.24, 2.45) is 11.8 Å². The standard InChI is InChI=1S/C13H25N/c1-2-11-10-14-13-9-7-5-3-4-6-8-12(11)13/h11-14H,2-10H2,1H3/t11-,12?,13?/m0/s1. The lowest BCUT2D eigenvalue weighted by Crippen LogP contribution is -2.27. The van der Waals surface area contributed by atoms with Gasteiger partial charge in [0.2, 0.25) is 0 Å². The van der Waals surface area contributed by atoms with E-state index in [4.69, 9.17) is 0 Å². The van der Waals surface area contributed by atoms with E-state index < -0.39 is 0 Å². The first kappa shape index (κ1) is 10.5. The van der Waals surface area contributed by atoms with E-state index in [-0.39, 0.29) is 0 Å². The van der Waals surface area contributed by atoms with Crippen LogP contribution in [0.25, 0.3) is 0 Å². The quantitative estimate of drug-likeness (QED) is 0.676. The molecule has 3 atom stereocenters. The van der Waals surface area contributed by atoms with Crippen LogP contribution < -0.4 is 5.32 Å². The highest BCUT2D eigenvalue weighted by Crippen LogP contribution is 2.33. The first-order valence-corrected chi connectivity index (χ1v) is 6.65. The molecule has 0 radical (unpaired) electrons. The van der Waals surface area contributed by atoms with Crippen molar-refractivity contribution < 1.29 is 0 Å². The van der Waals surface area contributed by atoms with Crippen LogP contribution in [-0.2, 0) is 0 Å². The van der Waals surface area contributed by atoms with Gasteiger partial charge in [0.05, 0.1) is 0 Å². The Bertz CT molecular complexity index is 167. The second-order valence-electron chi connectivity index (χ2n) is 5.19. The molecule has 1 N–H and O–H groups in total. The minimum atomic E-state index is 0.873. The zero-order chi connectivity index (χ0) is 9.80. The van der Waals surface area contributed by atoms with Crippen LogP contribution in [0, 0.1) is 11.8 Å². The van der Waals surface area contributed by atoms with Gasteiger partial charge >= 0.3 is 0 Å². The number of hydrogen-bond donors (Lipinski definition) is 1. The Morgan fingerprint density at radius 1 is 1.00 bits per heavy atom. The van der Waals surface area contributed by atoms with Crippen molar-refractivity contribution in [2.45, 2.75) is 64.3 Å². The first-order chi connectivity index (χ1) is 6.92. The van der Waals surface area contributed by atoms with Crippen molar-refractivity contribution in [1.29, 1.82) is 0 Å². The van der Waals surface area contributed by atoms with Crippen molar-refractivity contribution in [3.05, 3.63) is 0 Å². The first-order valence-electron chi connectivity index (χ1n) is 6.65. The van der Waals surface area contributed by atoms with E-state index in [1.165, 1.54) is 57.9 Å². The van der Waals surface area contributed by atoms with Gasteiger partial charge < -0.3 is 5.32 Å². The van der Waals surface area contributed by atoms with E-state index in [9.17, 15) is 0 Å². The average molecular weight is 195 g/mol. The van der Waals surface area contributed by atoms with Crippen molar-refractivity contribution in [1.82, 2.24) is 5.32 Å². The number of nitrogens with one attached hydrogen (secondary N) is 1. The minimum Gasteiger partial charge on any atom is -0.313 e. The topological polar surface area (TPSA) is 12.0 Å². The van der Waals surface area contributed by atoms with Crippen molar-refractivity contribution >= 4 is 0 Å². The van der Waals surface area contributed by atoms with Crippen LogP contribution in [0.2, 0.25) is 0 Å². The molecule has 0 aromatic heterocycles. The molecule has 0 bridgehead atoms.